The first-order valence-electron chi connectivity index (χ1n) is 3.06. The van der Waals surface area contributed by atoms with Gasteiger partial charge < -0.3 is 0 Å². The van der Waals surface area contributed by atoms with Crippen LogP contribution in [-0.2, 0) is 10.1 Å². The number of hydrogen-bond donors (Lipinski definition) is 1. The minimum Gasteiger partial charge on any atom is -0.282 e. The molecule has 65 valence electrons. The molecule has 1 aromatic rings. The molecule has 0 atom stereocenters. The second-order valence-electron chi connectivity index (χ2n) is 2.27. The molecule has 1 aromatic carbocycles. The molecular weight excluding hydrogens is 200 g/mol. The Morgan fingerprint density at radius 2 is 2.08 bits per heavy atom. The molecule has 1 radical (unpaired) electrons. The van der Waals surface area contributed by atoms with E-state index in [1.54, 1.807) is 0 Å². The van der Waals surface area contributed by atoms with Gasteiger partial charge in [0.2, 0.25) is 0 Å². The topological polar surface area (TPSA) is 54.4 Å². The molecule has 12 heavy (non-hydrogen) atoms. The molecule has 0 aliphatic rings. The van der Waals surface area contributed by atoms with Crippen LogP contribution in [0.5, 0.6) is 0 Å². The fourth-order valence-electron chi connectivity index (χ4n) is 0.793. The SMILES string of the molecule is Cc1c(Cl)c[c]cc1S(=O)(=O)O. The highest BCUT2D eigenvalue weighted by atomic mass is 35.5. The molecule has 0 aliphatic heterocycles. The Morgan fingerprint density at radius 1 is 1.50 bits per heavy atom. The molecule has 0 aliphatic carbocycles. The van der Waals surface area contributed by atoms with Gasteiger partial charge in [0.25, 0.3) is 10.1 Å². The van der Waals surface area contributed by atoms with Gasteiger partial charge in [0.05, 0.1) is 4.90 Å². The highest BCUT2D eigenvalue weighted by Gasteiger charge is 2.13. The summed E-state index contributed by atoms with van der Waals surface area (Å²) in [5.41, 5.74) is 0.331. The third kappa shape index (κ3) is 1.77. The van der Waals surface area contributed by atoms with Crippen LogP contribution in [0, 0.1) is 13.0 Å². The van der Waals surface area contributed by atoms with Gasteiger partial charge in [-0.15, -0.1) is 0 Å². The first-order chi connectivity index (χ1) is 5.43. The lowest BCUT2D eigenvalue weighted by Crippen LogP contribution is -2.00. The summed E-state index contributed by atoms with van der Waals surface area (Å²) in [6.45, 7) is 1.51. The predicted molar refractivity (Wildman–Crippen MR) is 44.8 cm³/mol. The van der Waals surface area contributed by atoms with Crippen LogP contribution in [0.4, 0.5) is 0 Å². The molecular formula is C7H6ClO3S. The van der Waals surface area contributed by atoms with Gasteiger partial charge >= 0.3 is 0 Å². The number of benzene rings is 1. The van der Waals surface area contributed by atoms with E-state index in [9.17, 15) is 8.42 Å². The molecule has 3 nitrogen and oxygen atoms in total. The zero-order chi connectivity index (χ0) is 9.35. The zero-order valence-corrected chi connectivity index (χ0v) is 7.78. The summed E-state index contributed by atoms with van der Waals surface area (Å²) >= 11 is 5.61. The highest BCUT2D eigenvalue weighted by Crippen LogP contribution is 2.21. The maximum Gasteiger partial charge on any atom is 0.294 e. The number of halogens is 1. The van der Waals surface area contributed by atoms with Crippen LogP contribution in [0.25, 0.3) is 0 Å². The summed E-state index contributed by atoms with van der Waals surface area (Å²) in [6.07, 6.45) is 0. The molecule has 1 rings (SSSR count). The van der Waals surface area contributed by atoms with Gasteiger partial charge in [0.1, 0.15) is 0 Å². The summed E-state index contributed by atoms with van der Waals surface area (Å²) in [5.74, 6) is 0. The Bertz CT molecular complexity index is 397. The van der Waals surface area contributed by atoms with Crippen molar-refractivity contribution in [3.8, 4) is 0 Å². The molecule has 5 heteroatoms. The molecule has 0 bridgehead atoms. The minimum absolute atomic E-state index is 0.199. The van der Waals surface area contributed by atoms with E-state index in [1.807, 2.05) is 0 Å². The van der Waals surface area contributed by atoms with Crippen LogP contribution in [0.3, 0.4) is 0 Å². The maximum absolute atomic E-state index is 10.7. The predicted octanol–water partition coefficient (Wildman–Crippen LogP) is 1.70. The second-order valence-corrected chi connectivity index (χ2v) is 4.06. The fraction of sp³-hybridized carbons (Fsp3) is 0.143. The Hall–Kier alpha value is -0.580. The van der Waals surface area contributed by atoms with E-state index in [-0.39, 0.29) is 9.92 Å². The van der Waals surface area contributed by atoms with Gasteiger partial charge in [-0.2, -0.15) is 8.42 Å². The monoisotopic (exact) mass is 205 g/mol. The smallest absolute Gasteiger partial charge is 0.282 e. The van der Waals surface area contributed by atoms with Crippen molar-refractivity contribution in [3.05, 3.63) is 28.8 Å². The van der Waals surface area contributed by atoms with E-state index in [4.69, 9.17) is 16.2 Å². The maximum atomic E-state index is 10.7. The van der Waals surface area contributed by atoms with Crippen LogP contribution in [-0.4, -0.2) is 13.0 Å². The lowest BCUT2D eigenvalue weighted by Gasteiger charge is -2.02. The van der Waals surface area contributed by atoms with Crippen molar-refractivity contribution in [2.45, 2.75) is 11.8 Å². The Labute approximate surface area is 75.7 Å². The van der Waals surface area contributed by atoms with Crippen LogP contribution in [0.1, 0.15) is 5.56 Å². The Kier molecular flexibility index (Phi) is 2.41. The van der Waals surface area contributed by atoms with Gasteiger partial charge in [0.15, 0.2) is 0 Å². The summed E-state index contributed by atoms with van der Waals surface area (Å²) in [4.78, 5) is -0.199. The highest BCUT2D eigenvalue weighted by molar-refractivity contribution is 7.85. The zero-order valence-electron chi connectivity index (χ0n) is 6.20. The van der Waals surface area contributed by atoms with Gasteiger partial charge in [-0.05, 0) is 30.7 Å². The summed E-state index contributed by atoms with van der Waals surface area (Å²) in [6, 6.07) is 5.12. The first-order valence-corrected chi connectivity index (χ1v) is 4.88. The average molecular weight is 206 g/mol. The lowest BCUT2D eigenvalue weighted by atomic mass is 10.2. The third-order valence-corrected chi connectivity index (χ3v) is 2.80. The third-order valence-electron chi connectivity index (χ3n) is 1.43. The molecule has 0 aromatic heterocycles. The van der Waals surface area contributed by atoms with E-state index >= 15 is 0 Å². The normalized spacial score (nSPS) is 11.6. The van der Waals surface area contributed by atoms with E-state index < -0.39 is 10.1 Å². The van der Waals surface area contributed by atoms with Gasteiger partial charge in [0, 0.05) is 5.02 Å². The van der Waals surface area contributed by atoms with E-state index in [0.29, 0.717) is 5.56 Å². The lowest BCUT2D eigenvalue weighted by molar-refractivity contribution is 0.482. The molecule has 1 N–H and O–H groups in total. The average Bonchev–Trinajstić information content (AvgIpc) is 1.92. The fourth-order valence-corrected chi connectivity index (χ4v) is 1.73. The molecule has 0 spiro atoms. The van der Waals surface area contributed by atoms with Crippen LogP contribution < -0.4 is 0 Å². The van der Waals surface area contributed by atoms with Crippen molar-refractivity contribution in [2.75, 3.05) is 0 Å². The van der Waals surface area contributed by atoms with Crippen molar-refractivity contribution in [1.82, 2.24) is 0 Å². The number of rotatable bonds is 1. The molecule has 0 unspecified atom stereocenters. The van der Waals surface area contributed by atoms with E-state index in [2.05, 4.69) is 6.07 Å². The van der Waals surface area contributed by atoms with Gasteiger partial charge in [-0.25, -0.2) is 0 Å². The van der Waals surface area contributed by atoms with Crippen LogP contribution >= 0.6 is 11.6 Å². The van der Waals surface area contributed by atoms with E-state index in [1.165, 1.54) is 19.1 Å². The van der Waals surface area contributed by atoms with Crippen molar-refractivity contribution >= 4 is 21.7 Å². The van der Waals surface area contributed by atoms with Crippen molar-refractivity contribution < 1.29 is 13.0 Å². The summed E-state index contributed by atoms with van der Waals surface area (Å²) in [7, 11) is -4.17. The number of hydrogen-bond acceptors (Lipinski definition) is 2. The second kappa shape index (κ2) is 3.05. The van der Waals surface area contributed by atoms with Crippen molar-refractivity contribution in [2.24, 2.45) is 0 Å². The molecule has 0 heterocycles. The standard InChI is InChI=1S/C7H6ClO3S/c1-5-6(8)3-2-4-7(5)12(9,10)11/h3-4H,1H3,(H,9,10,11). The largest absolute Gasteiger partial charge is 0.294 e. The quantitative estimate of drug-likeness (QED) is 0.710. The van der Waals surface area contributed by atoms with Crippen LogP contribution in [0.15, 0.2) is 17.0 Å². The van der Waals surface area contributed by atoms with Gasteiger partial charge in [-0.1, -0.05) is 11.6 Å². The van der Waals surface area contributed by atoms with Gasteiger partial charge in [-0.3, -0.25) is 4.55 Å². The van der Waals surface area contributed by atoms with Crippen LogP contribution in [0.2, 0.25) is 5.02 Å². The molecule has 0 saturated carbocycles. The molecule has 0 fully saturated rings. The molecule has 0 amide bonds. The van der Waals surface area contributed by atoms with E-state index in [0.717, 1.165) is 0 Å². The van der Waals surface area contributed by atoms with Crippen molar-refractivity contribution in [1.29, 1.82) is 0 Å². The summed E-state index contributed by atoms with van der Waals surface area (Å²) in [5, 5.41) is 0.269. The first kappa shape index (κ1) is 9.51. The summed E-state index contributed by atoms with van der Waals surface area (Å²) < 4.78 is 30.1. The van der Waals surface area contributed by atoms with Crippen molar-refractivity contribution in [3.63, 3.8) is 0 Å². The Morgan fingerprint density at radius 3 is 2.50 bits per heavy atom. The molecule has 0 saturated heterocycles. The minimum atomic E-state index is -4.17. The Balaban J connectivity index is 3.47.